The van der Waals surface area contributed by atoms with Crippen LogP contribution in [0.5, 0.6) is 5.75 Å². The van der Waals surface area contributed by atoms with E-state index in [-0.39, 0.29) is 0 Å². The van der Waals surface area contributed by atoms with Crippen molar-refractivity contribution >= 4 is 11.6 Å². The number of halogens is 1. The van der Waals surface area contributed by atoms with Crippen LogP contribution in [0.4, 0.5) is 0 Å². The van der Waals surface area contributed by atoms with Crippen LogP contribution in [0.15, 0.2) is 18.2 Å². The van der Waals surface area contributed by atoms with E-state index in [1.165, 1.54) is 12.0 Å². The van der Waals surface area contributed by atoms with Gasteiger partial charge in [-0.1, -0.05) is 31.5 Å². The number of rotatable bonds is 8. The standard InChI is InChI=1S/C17H26ClNO2/c1-13(2)11-19-12-14-5-6-17(16(18)10-14)21-9-7-15-4-3-8-20-15/h5-6,10,13,15,19H,3-4,7-9,11-12H2,1-2H3. The first-order valence-corrected chi connectivity index (χ1v) is 8.26. The Morgan fingerprint density at radius 2 is 2.29 bits per heavy atom. The van der Waals surface area contributed by atoms with Gasteiger partial charge in [-0.25, -0.2) is 0 Å². The average Bonchev–Trinajstić information content (AvgIpc) is 2.94. The number of ether oxygens (including phenoxy) is 2. The molecule has 1 atom stereocenters. The summed E-state index contributed by atoms with van der Waals surface area (Å²) in [5, 5.41) is 4.10. The maximum absolute atomic E-state index is 6.28. The molecule has 1 saturated heterocycles. The lowest BCUT2D eigenvalue weighted by Crippen LogP contribution is -2.18. The Balaban J connectivity index is 1.75. The predicted molar refractivity (Wildman–Crippen MR) is 87.1 cm³/mol. The third-order valence-corrected chi connectivity index (χ3v) is 3.89. The zero-order valence-electron chi connectivity index (χ0n) is 13.0. The highest BCUT2D eigenvalue weighted by atomic mass is 35.5. The van der Waals surface area contributed by atoms with Gasteiger partial charge in [0.05, 0.1) is 17.7 Å². The second kappa shape index (κ2) is 8.62. The van der Waals surface area contributed by atoms with Crippen molar-refractivity contribution in [3.63, 3.8) is 0 Å². The minimum Gasteiger partial charge on any atom is -0.492 e. The van der Waals surface area contributed by atoms with E-state index in [4.69, 9.17) is 21.1 Å². The lowest BCUT2D eigenvalue weighted by atomic mass is 10.2. The van der Waals surface area contributed by atoms with Gasteiger partial charge in [0, 0.05) is 19.6 Å². The smallest absolute Gasteiger partial charge is 0.137 e. The van der Waals surface area contributed by atoms with Gasteiger partial charge in [-0.05, 0) is 43.0 Å². The highest BCUT2D eigenvalue weighted by Gasteiger charge is 2.15. The van der Waals surface area contributed by atoms with Crippen LogP contribution in [-0.4, -0.2) is 25.9 Å². The summed E-state index contributed by atoms with van der Waals surface area (Å²) < 4.78 is 11.3. The molecule has 1 fully saturated rings. The van der Waals surface area contributed by atoms with Crippen LogP contribution in [0.2, 0.25) is 5.02 Å². The molecular weight excluding hydrogens is 286 g/mol. The molecule has 0 spiro atoms. The molecule has 0 aromatic heterocycles. The molecule has 3 nitrogen and oxygen atoms in total. The van der Waals surface area contributed by atoms with Crippen molar-refractivity contribution < 1.29 is 9.47 Å². The van der Waals surface area contributed by atoms with Gasteiger partial charge in [0.25, 0.3) is 0 Å². The summed E-state index contributed by atoms with van der Waals surface area (Å²) in [7, 11) is 0. The molecule has 1 aromatic rings. The zero-order chi connectivity index (χ0) is 15.1. The van der Waals surface area contributed by atoms with Gasteiger partial charge in [0.15, 0.2) is 0 Å². The maximum Gasteiger partial charge on any atom is 0.137 e. The average molecular weight is 312 g/mol. The van der Waals surface area contributed by atoms with Crippen molar-refractivity contribution in [3.05, 3.63) is 28.8 Å². The normalized spacial score (nSPS) is 18.4. The first-order valence-electron chi connectivity index (χ1n) is 7.88. The molecular formula is C17H26ClNO2. The van der Waals surface area contributed by atoms with Gasteiger partial charge >= 0.3 is 0 Å². The summed E-state index contributed by atoms with van der Waals surface area (Å²) in [4.78, 5) is 0. The highest BCUT2D eigenvalue weighted by molar-refractivity contribution is 6.32. The summed E-state index contributed by atoms with van der Waals surface area (Å²) >= 11 is 6.28. The van der Waals surface area contributed by atoms with Gasteiger partial charge in [-0.15, -0.1) is 0 Å². The first-order chi connectivity index (χ1) is 10.1. The van der Waals surface area contributed by atoms with Crippen LogP contribution in [0.25, 0.3) is 0 Å². The van der Waals surface area contributed by atoms with Gasteiger partial charge in [-0.2, -0.15) is 0 Å². The van der Waals surface area contributed by atoms with Gasteiger partial charge in [0.1, 0.15) is 5.75 Å². The monoisotopic (exact) mass is 311 g/mol. The molecule has 0 bridgehead atoms. The SMILES string of the molecule is CC(C)CNCc1ccc(OCCC2CCCO2)c(Cl)c1. The van der Waals surface area contributed by atoms with Gasteiger partial charge in [-0.3, -0.25) is 0 Å². The quantitative estimate of drug-likeness (QED) is 0.786. The number of benzene rings is 1. The van der Waals surface area contributed by atoms with Gasteiger partial charge in [0.2, 0.25) is 0 Å². The molecule has 1 aromatic carbocycles. The molecule has 0 amide bonds. The fraction of sp³-hybridized carbons (Fsp3) is 0.647. The van der Waals surface area contributed by atoms with Crippen molar-refractivity contribution in [1.82, 2.24) is 5.32 Å². The molecule has 1 aliphatic heterocycles. The van der Waals surface area contributed by atoms with E-state index >= 15 is 0 Å². The Bertz CT molecular complexity index is 431. The van der Waals surface area contributed by atoms with E-state index in [9.17, 15) is 0 Å². The lowest BCUT2D eigenvalue weighted by molar-refractivity contribution is 0.0904. The molecule has 1 aliphatic rings. The Kier molecular flexibility index (Phi) is 6.81. The molecule has 1 N–H and O–H groups in total. The summed E-state index contributed by atoms with van der Waals surface area (Å²) in [6.45, 7) is 7.81. The Labute approximate surface area is 133 Å². The molecule has 2 rings (SSSR count). The van der Waals surface area contributed by atoms with Crippen molar-refractivity contribution in [3.8, 4) is 5.75 Å². The first kappa shape index (κ1) is 16.6. The number of hydrogen-bond acceptors (Lipinski definition) is 3. The van der Waals surface area contributed by atoms with Crippen LogP contribution in [0, 0.1) is 5.92 Å². The molecule has 21 heavy (non-hydrogen) atoms. The Morgan fingerprint density at radius 1 is 1.43 bits per heavy atom. The van der Waals surface area contributed by atoms with E-state index in [0.717, 1.165) is 38.3 Å². The van der Waals surface area contributed by atoms with Crippen molar-refractivity contribution in [1.29, 1.82) is 0 Å². The van der Waals surface area contributed by atoms with E-state index in [0.29, 0.717) is 23.7 Å². The minimum absolute atomic E-state index is 0.364. The molecule has 1 heterocycles. The van der Waals surface area contributed by atoms with Crippen molar-refractivity contribution in [2.45, 2.75) is 45.8 Å². The van der Waals surface area contributed by atoms with E-state index in [1.54, 1.807) is 0 Å². The van der Waals surface area contributed by atoms with Crippen LogP contribution >= 0.6 is 11.6 Å². The predicted octanol–water partition coefficient (Wildman–Crippen LogP) is 4.03. The maximum atomic E-state index is 6.28. The summed E-state index contributed by atoms with van der Waals surface area (Å²) in [6, 6.07) is 6.01. The van der Waals surface area contributed by atoms with Crippen molar-refractivity contribution in [2.75, 3.05) is 19.8 Å². The van der Waals surface area contributed by atoms with Crippen LogP contribution in [0.1, 0.15) is 38.7 Å². The topological polar surface area (TPSA) is 30.5 Å². The number of nitrogens with one attached hydrogen (secondary N) is 1. The third-order valence-electron chi connectivity index (χ3n) is 3.60. The molecule has 4 heteroatoms. The summed E-state index contributed by atoms with van der Waals surface area (Å²) in [5.74, 6) is 1.42. The molecule has 0 aliphatic carbocycles. The zero-order valence-corrected chi connectivity index (χ0v) is 13.8. The minimum atomic E-state index is 0.364. The van der Waals surface area contributed by atoms with Crippen LogP contribution in [-0.2, 0) is 11.3 Å². The summed E-state index contributed by atoms with van der Waals surface area (Å²) in [5.41, 5.74) is 1.19. The fourth-order valence-corrected chi connectivity index (χ4v) is 2.71. The lowest BCUT2D eigenvalue weighted by Gasteiger charge is -2.13. The van der Waals surface area contributed by atoms with Gasteiger partial charge < -0.3 is 14.8 Å². The van der Waals surface area contributed by atoms with E-state index < -0.39 is 0 Å². The largest absolute Gasteiger partial charge is 0.492 e. The Hall–Kier alpha value is -0.770. The Morgan fingerprint density at radius 3 is 2.95 bits per heavy atom. The second-order valence-electron chi connectivity index (χ2n) is 6.06. The van der Waals surface area contributed by atoms with Crippen molar-refractivity contribution in [2.24, 2.45) is 5.92 Å². The van der Waals surface area contributed by atoms with Crippen LogP contribution in [0.3, 0.4) is 0 Å². The molecule has 118 valence electrons. The second-order valence-corrected chi connectivity index (χ2v) is 6.47. The van der Waals surface area contributed by atoms with E-state index in [2.05, 4.69) is 25.2 Å². The van der Waals surface area contributed by atoms with Crippen LogP contribution < -0.4 is 10.1 Å². The molecule has 0 saturated carbocycles. The highest BCUT2D eigenvalue weighted by Crippen LogP contribution is 2.26. The van der Waals surface area contributed by atoms with E-state index in [1.807, 2.05) is 12.1 Å². The third kappa shape index (κ3) is 5.85. The number of hydrogen-bond donors (Lipinski definition) is 1. The molecule has 0 radical (unpaired) electrons. The fourth-order valence-electron chi connectivity index (χ4n) is 2.45. The molecule has 1 unspecified atom stereocenters. The summed E-state index contributed by atoms with van der Waals surface area (Å²) in [6.07, 6.45) is 3.62.